The molecule has 0 aliphatic rings. The highest BCUT2D eigenvalue weighted by molar-refractivity contribution is 5.27. The molecule has 0 aliphatic heterocycles. The zero-order valence-electron chi connectivity index (χ0n) is 10.9. The third kappa shape index (κ3) is 5.18. The average Bonchev–Trinajstić information content (AvgIpc) is 2.37. The molecule has 3 nitrogen and oxygen atoms in total. The smallest absolute Gasteiger partial charge is 0.387 e. The molecule has 1 aromatic rings. The van der Waals surface area contributed by atoms with Crippen molar-refractivity contribution in [3.8, 4) is 0 Å². The molecule has 0 saturated carbocycles. The highest BCUT2D eigenvalue weighted by Crippen LogP contribution is 2.30. The molecule has 2 unspecified atom stereocenters. The van der Waals surface area contributed by atoms with Crippen LogP contribution in [-0.4, -0.2) is 31.4 Å². The summed E-state index contributed by atoms with van der Waals surface area (Å²) in [5.41, 5.74) is -0.512. The fraction of sp³-hybridized carbons (Fsp3) is 0.538. The molecule has 0 bridgehead atoms. The van der Waals surface area contributed by atoms with Crippen molar-refractivity contribution >= 4 is 0 Å². The minimum absolute atomic E-state index is 0.0197. The van der Waals surface area contributed by atoms with E-state index in [1.54, 1.807) is 7.11 Å². The molecular formula is C13H18F3NO2. The van der Waals surface area contributed by atoms with Gasteiger partial charge in [-0.3, -0.25) is 0 Å². The second kappa shape index (κ2) is 6.88. The summed E-state index contributed by atoms with van der Waals surface area (Å²) >= 11 is 0. The van der Waals surface area contributed by atoms with Crippen LogP contribution in [0.15, 0.2) is 24.3 Å². The largest absolute Gasteiger partial charge is 0.416 e. The molecule has 6 heteroatoms. The van der Waals surface area contributed by atoms with Crippen LogP contribution in [0, 0.1) is 0 Å². The maximum Gasteiger partial charge on any atom is 0.416 e. The van der Waals surface area contributed by atoms with Crippen LogP contribution in [0.4, 0.5) is 13.2 Å². The van der Waals surface area contributed by atoms with Gasteiger partial charge in [0.25, 0.3) is 0 Å². The van der Waals surface area contributed by atoms with Crippen molar-refractivity contribution in [3.05, 3.63) is 35.4 Å². The van der Waals surface area contributed by atoms with E-state index in [9.17, 15) is 18.3 Å². The Hall–Kier alpha value is -1.11. The number of rotatable bonds is 6. The lowest BCUT2D eigenvalue weighted by molar-refractivity contribution is -0.137. The van der Waals surface area contributed by atoms with Gasteiger partial charge in [-0.15, -0.1) is 0 Å². The maximum atomic E-state index is 12.5. The molecule has 2 N–H and O–H groups in total. The first kappa shape index (κ1) is 15.9. The molecule has 2 atom stereocenters. The van der Waals surface area contributed by atoms with Crippen molar-refractivity contribution in [3.63, 3.8) is 0 Å². The number of halogens is 3. The molecule has 0 saturated heterocycles. The van der Waals surface area contributed by atoms with Gasteiger partial charge >= 0.3 is 6.18 Å². The minimum Gasteiger partial charge on any atom is -0.387 e. The predicted molar refractivity (Wildman–Crippen MR) is 65.7 cm³/mol. The average molecular weight is 277 g/mol. The maximum absolute atomic E-state index is 12.5. The molecule has 0 spiro atoms. The van der Waals surface area contributed by atoms with Crippen LogP contribution >= 0.6 is 0 Å². The number of ether oxygens (including phenoxy) is 1. The van der Waals surface area contributed by atoms with E-state index in [1.807, 2.05) is 6.92 Å². The fourth-order valence-electron chi connectivity index (χ4n) is 1.55. The number of aliphatic hydroxyl groups is 1. The highest BCUT2D eigenvalue weighted by Gasteiger charge is 2.30. The SMILES string of the molecule is COC(C)CNCC(O)c1cccc(C(F)(F)F)c1. The Kier molecular flexibility index (Phi) is 5.78. The van der Waals surface area contributed by atoms with E-state index in [2.05, 4.69) is 5.32 Å². The van der Waals surface area contributed by atoms with Crippen LogP contribution in [0.2, 0.25) is 0 Å². The number of hydrogen-bond acceptors (Lipinski definition) is 3. The molecule has 0 radical (unpaired) electrons. The summed E-state index contributed by atoms with van der Waals surface area (Å²) < 4.78 is 42.6. The van der Waals surface area contributed by atoms with Gasteiger partial charge in [0.15, 0.2) is 0 Å². The highest BCUT2D eigenvalue weighted by atomic mass is 19.4. The number of alkyl halides is 3. The fourth-order valence-corrected chi connectivity index (χ4v) is 1.55. The van der Waals surface area contributed by atoms with Crippen molar-refractivity contribution in [1.82, 2.24) is 5.32 Å². The zero-order chi connectivity index (χ0) is 14.5. The normalized spacial score (nSPS) is 15.3. The van der Waals surface area contributed by atoms with Crippen LogP contribution in [0.1, 0.15) is 24.2 Å². The Labute approximate surface area is 110 Å². The van der Waals surface area contributed by atoms with Crippen LogP contribution in [-0.2, 0) is 10.9 Å². The van der Waals surface area contributed by atoms with Crippen LogP contribution in [0.3, 0.4) is 0 Å². The Morgan fingerprint density at radius 1 is 1.32 bits per heavy atom. The zero-order valence-corrected chi connectivity index (χ0v) is 10.9. The lowest BCUT2D eigenvalue weighted by Gasteiger charge is -2.16. The standard InChI is InChI=1S/C13H18F3NO2/c1-9(19-2)7-17-8-12(18)10-4-3-5-11(6-10)13(14,15)16/h3-6,9,12,17-18H,7-8H2,1-2H3. The van der Waals surface area contributed by atoms with E-state index in [0.717, 1.165) is 12.1 Å². The van der Waals surface area contributed by atoms with Gasteiger partial charge in [-0.2, -0.15) is 13.2 Å². The second-order valence-corrected chi connectivity index (χ2v) is 4.34. The van der Waals surface area contributed by atoms with E-state index >= 15 is 0 Å². The quantitative estimate of drug-likeness (QED) is 0.838. The molecule has 108 valence electrons. The van der Waals surface area contributed by atoms with Crippen LogP contribution in [0.5, 0.6) is 0 Å². The van der Waals surface area contributed by atoms with Gasteiger partial charge in [0, 0.05) is 20.2 Å². The lowest BCUT2D eigenvalue weighted by Crippen LogP contribution is -2.29. The second-order valence-electron chi connectivity index (χ2n) is 4.34. The van der Waals surface area contributed by atoms with E-state index in [1.165, 1.54) is 12.1 Å². The third-order valence-electron chi connectivity index (χ3n) is 2.77. The minimum atomic E-state index is -4.40. The molecule has 0 heterocycles. The van der Waals surface area contributed by atoms with Crippen molar-refractivity contribution in [2.45, 2.75) is 25.3 Å². The Balaban J connectivity index is 2.60. The van der Waals surface area contributed by atoms with Crippen molar-refractivity contribution in [2.75, 3.05) is 20.2 Å². The Bertz CT molecular complexity index is 396. The Morgan fingerprint density at radius 2 is 2.00 bits per heavy atom. The first-order chi connectivity index (χ1) is 8.84. The first-order valence-electron chi connectivity index (χ1n) is 5.93. The predicted octanol–water partition coefficient (Wildman–Crippen LogP) is 2.36. The van der Waals surface area contributed by atoms with Gasteiger partial charge in [-0.25, -0.2) is 0 Å². The summed E-state index contributed by atoms with van der Waals surface area (Å²) in [5, 5.41) is 12.8. The van der Waals surface area contributed by atoms with Gasteiger partial charge in [0.05, 0.1) is 17.8 Å². The summed E-state index contributed by atoms with van der Waals surface area (Å²) in [7, 11) is 1.57. The number of nitrogens with one attached hydrogen (secondary N) is 1. The van der Waals surface area contributed by atoms with Gasteiger partial charge in [0.2, 0.25) is 0 Å². The van der Waals surface area contributed by atoms with Gasteiger partial charge in [0.1, 0.15) is 0 Å². The molecule has 0 fully saturated rings. The van der Waals surface area contributed by atoms with Crippen LogP contribution < -0.4 is 5.32 Å². The Morgan fingerprint density at radius 3 is 2.58 bits per heavy atom. The number of methoxy groups -OCH3 is 1. The summed E-state index contributed by atoms with van der Waals surface area (Å²) in [6.07, 6.45) is -5.40. The van der Waals surface area contributed by atoms with Gasteiger partial charge < -0.3 is 15.2 Å². The first-order valence-corrected chi connectivity index (χ1v) is 5.93. The number of benzene rings is 1. The molecule has 1 aromatic carbocycles. The van der Waals surface area contributed by atoms with Gasteiger partial charge in [-0.05, 0) is 24.6 Å². The topological polar surface area (TPSA) is 41.5 Å². The van der Waals surface area contributed by atoms with Crippen molar-refractivity contribution in [1.29, 1.82) is 0 Å². The molecule has 1 rings (SSSR count). The third-order valence-corrected chi connectivity index (χ3v) is 2.77. The summed E-state index contributed by atoms with van der Waals surface area (Å²) in [6.45, 7) is 2.55. The van der Waals surface area contributed by atoms with Crippen molar-refractivity contribution in [2.24, 2.45) is 0 Å². The molecule has 19 heavy (non-hydrogen) atoms. The molecule has 0 amide bonds. The monoisotopic (exact) mass is 277 g/mol. The molecule has 0 aliphatic carbocycles. The lowest BCUT2D eigenvalue weighted by atomic mass is 10.1. The molecular weight excluding hydrogens is 259 g/mol. The number of hydrogen-bond donors (Lipinski definition) is 2. The van der Waals surface area contributed by atoms with Crippen LogP contribution in [0.25, 0.3) is 0 Å². The number of aliphatic hydroxyl groups excluding tert-OH is 1. The van der Waals surface area contributed by atoms with Crippen molar-refractivity contribution < 1.29 is 23.0 Å². The van der Waals surface area contributed by atoms with E-state index in [4.69, 9.17) is 4.74 Å². The molecule has 0 aromatic heterocycles. The van der Waals surface area contributed by atoms with E-state index in [0.29, 0.717) is 6.54 Å². The summed E-state index contributed by atoms with van der Waals surface area (Å²) in [6, 6.07) is 4.71. The van der Waals surface area contributed by atoms with E-state index < -0.39 is 17.8 Å². The summed E-state index contributed by atoms with van der Waals surface area (Å²) in [5.74, 6) is 0. The van der Waals surface area contributed by atoms with E-state index in [-0.39, 0.29) is 18.2 Å². The summed E-state index contributed by atoms with van der Waals surface area (Å²) in [4.78, 5) is 0. The van der Waals surface area contributed by atoms with Gasteiger partial charge in [-0.1, -0.05) is 12.1 Å².